The van der Waals surface area contributed by atoms with Crippen LogP contribution in [0.1, 0.15) is 45.0 Å². The predicted molar refractivity (Wildman–Crippen MR) is 112 cm³/mol. The van der Waals surface area contributed by atoms with Crippen molar-refractivity contribution in [2.75, 3.05) is 39.2 Å². The molecule has 29 heavy (non-hydrogen) atoms. The summed E-state index contributed by atoms with van der Waals surface area (Å²) in [5.74, 6) is 0.303. The van der Waals surface area contributed by atoms with Gasteiger partial charge in [0.1, 0.15) is 5.00 Å². The zero-order chi connectivity index (χ0) is 21.0. The number of thiophene rings is 1. The van der Waals surface area contributed by atoms with Gasteiger partial charge in [0, 0.05) is 23.5 Å². The minimum atomic E-state index is -0.391. The number of rotatable bonds is 7. The lowest BCUT2D eigenvalue weighted by Crippen LogP contribution is -2.30. The van der Waals surface area contributed by atoms with Gasteiger partial charge in [0.25, 0.3) is 5.91 Å². The van der Waals surface area contributed by atoms with E-state index in [1.807, 2.05) is 0 Å². The van der Waals surface area contributed by atoms with Crippen molar-refractivity contribution in [2.24, 2.45) is 0 Å². The number of carbonyl (C=O) groups excluding carboxylic acids is 2. The van der Waals surface area contributed by atoms with Gasteiger partial charge in [-0.05, 0) is 43.7 Å². The van der Waals surface area contributed by atoms with Crippen LogP contribution in [0.5, 0.6) is 11.5 Å². The number of methoxy groups -OCH3 is 2. The maximum Gasteiger partial charge on any atom is 0.341 e. The van der Waals surface area contributed by atoms with Crippen LogP contribution in [-0.4, -0.2) is 50.7 Å². The van der Waals surface area contributed by atoms with Gasteiger partial charge < -0.3 is 19.5 Å². The van der Waals surface area contributed by atoms with E-state index in [-0.39, 0.29) is 12.5 Å². The number of carbonyl (C=O) groups is 2. The first-order valence-corrected chi connectivity index (χ1v) is 10.4. The molecular weight excluding hydrogens is 392 g/mol. The van der Waals surface area contributed by atoms with Crippen LogP contribution < -0.4 is 14.8 Å². The quantitative estimate of drug-likeness (QED) is 0.693. The number of amides is 1. The second-order valence-corrected chi connectivity index (χ2v) is 7.68. The Morgan fingerprint density at radius 1 is 1.17 bits per heavy atom. The van der Waals surface area contributed by atoms with Crippen molar-refractivity contribution in [3.8, 4) is 11.5 Å². The summed E-state index contributed by atoms with van der Waals surface area (Å²) in [6.45, 7) is 6.78. The van der Waals surface area contributed by atoms with E-state index in [1.54, 1.807) is 32.2 Å². The zero-order valence-corrected chi connectivity index (χ0v) is 18.0. The molecular formula is C21H26N2O5S. The summed E-state index contributed by atoms with van der Waals surface area (Å²) in [6, 6.07) is 4.95. The van der Waals surface area contributed by atoms with Crippen LogP contribution in [0.25, 0.3) is 0 Å². The highest BCUT2D eigenvalue weighted by Crippen LogP contribution is 2.38. The largest absolute Gasteiger partial charge is 0.493 e. The first-order chi connectivity index (χ1) is 14.0. The van der Waals surface area contributed by atoms with Crippen molar-refractivity contribution in [2.45, 2.75) is 26.8 Å². The van der Waals surface area contributed by atoms with Gasteiger partial charge in [-0.2, -0.15) is 0 Å². The molecule has 1 aliphatic heterocycles. The van der Waals surface area contributed by atoms with E-state index in [0.717, 1.165) is 36.5 Å². The van der Waals surface area contributed by atoms with E-state index in [9.17, 15) is 9.59 Å². The van der Waals surface area contributed by atoms with Gasteiger partial charge in [0.2, 0.25) is 0 Å². The summed E-state index contributed by atoms with van der Waals surface area (Å²) >= 11 is 1.45. The maximum absolute atomic E-state index is 12.9. The van der Waals surface area contributed by atoms with Crippen LogP contribution in [0, 0.1) is 0 Å². The number of nitrogens with zero attached hydrogens (tertiary/aromatic N) is 1. The average molecular weight is 419 g/mol. The molecule has 2 heterocycles. The summed E-state index contributed by atoms with van der Waals surface area (Å²) < 4.78 is 15.8. The van der Waals surface area contributed by atoms with Crippen molar-refractivity contribution in [3.63, 3.8) is 0 Å². The molecule has 2 aromatic rings. The lowest BCUT2D eigenvalue weighted by atomic mass is 10.0. The van der Waals surface area contributed by atoms with Gasteiger partial charge in [-0.3, -0.25) is 9.69 Å². The van der Waals surface area contributed by atoms with Gasteiger partial charge in [-0.15, -0.1) is 11.3 Å². The van der Waals surface area contributed by atoms with Crippen molar-refractivity contribution < 1.29 is 23.8 Å². The molecule has 0 radical (unpaired) electrons. The Morgan fingerprint density at radius 2 is 1.93 bits per heavy atom. The highest BCUT2D eigenvalue weighted by Gasteiger charge is 2.29. The van der Waals surface area contributed by atoms with E-state index < -0.39 is 5.97 Å². The minimum Gasteiger partial charge on any atom is -0.493 e. The third-order valence-electron chi connectivity index (χ3n) is 4.94. The Labute approximate surface area is 174 Å². The van der Waals surface area contributed by atoms with Crippen LogP contribution in [0.15, 0.2) is 18.2 Å². The van der Waals surface area contributed by atoms with E-state index in [2.05, 4.69) is 17.1 Å². The monoisotopic (exact) mass is 418 g/mol. The molecule has 0 aliphatic carbocycles. The number of anilines is 1. The molecule has 7 nitrogen and oxygen atoms in total. The van der Waals surface area contributed by atoms with Gasteiger partial charge in [0.15, 0.2) is 11.5 Å². The minimum absolute atomic E-state index is 0.285. The number of hydrogen-bond acceptors (Lipinski definition) is 7. The van der Waals surface area contributed by atoms with Crippen molar-refractivity contribution in [1.29, 1.82) is 0 Å². The molecule has 0 spiro atoms. The number of fused-ring (bicyclic) bond motifs is 1. The summed E-state index contributed by atoms with van der Waals surface area (Å²) in [5, 5.41) is 3.44. The highest BCUT2D eigenvalue weighted by molar-refractivity contribution is 7.17. The fourth-order valence-electron chi connectivity index (χ4n) is 3.39. The Balaban J connectivity index is 1.93. The molecule has 156 valence electrons. The molecule has 8 heteroatoms. The lowest BCUT2D eigenvalue weighted by Gasteiger charge is -2.25. The predicted octanol–water partition coefficient (Wildman–Crippen LogP) is 3.57. The molecule has 0 saturated carbocycles. The van der Waals surface area contributed by atoms with E-state index >= 15 is 0 Å². The topological polar surface area (TPSA) is 77.1 Å². The molecule has 3 rings (SSSR count). The maximum atomic E-state index is 12.9. The fraction of sp³-hybridized carbons (Fsp3) is 0.429. The smallest absolute Gasteiger partial charge is 0.341 e. The van der Waals surface area contributed by atoms with Gasteiger partial charge in [0.05, 0.1) is 26.4 Å². The zero-order valence-electron chi connectivity index (χ0n) is 17.2. The van der Waals surface area contributed by atoms with Crippen LogP contribution in [-0.2, 0) is 17.7 Å². The molecule has 1 aromatic heterocycles. The summed E-state index contributed by atoms with van der Waals surface area (Å²) in [7, 11) is 3.06. The van der Waals surface area contributed by atoms with E-state index in [4.69, 9.17) is 14.2 Å². The summed E-state index contributed by atoms with van der Waals surface area (Å²) in [5.41, 5.74) is 1.89. The average Bonchev–Trinajstić information content (AvgIpc) is 3.09. The second-order valence-electron chi connectivity index (χ2n) is 6.57. The third kappa shape index (κ3) is 4.38. The lowest BCUT2D eigenvalue weighted by molar-refractivity contribution is 0.0526. The molecule has 0 atom stereocenters. The Kier molecular flexibility index (Phi) is 6.76. The summed E-state index contributed by atoms with van der Waals surface area (Å²) in [4.78, 5) is 28.9. The number of esters is 1. The van der Waals surface area contributed by atoms with Crippen molar-refractivity contribution in [3.05, 3.63) is 39.8 Å². The Morgan fingerprint density at radius 3 is 2.59 bits per heavy atom. The second kappa shape index (κ2) is 9.28. The highest BCUT2D eigenvalue weighted by atomic mass is 32.1. The fourth-order valence-corrected chi connectivity index (χ4v) is 4.66. The molecule has 1 amide bonds. The normalized spacial score (nSPS) is 13.5. The first-order valence-electron chi connectivity index (χ1n) is 9.59. The Hall–Kier alpha value is -2.58. The summed E-state index contributed by atoms with van der Waals surface area (Å²) in [6.07, 6.45) is 0.764. The van der Waals surface area contributed by atoms with E-state index in [1.165, 1.54) is 18.4 Å². The molecule has 0 fully saturated rings. The van der Waals surface area contributed by atoms with Gasteiger partial charge in [-0.25, -0.2) is 4.79 Å². The van der Waals surface area contributed by atoms with Crippen LogP contribution in [0.4, 0.5) is 5.00 Å². The number of nitrogens with one attached hydrogen (secondary N) is 1. The standard InChI is InChI=1S/C21H26N2O5S/c1-5-23-10-9-14-17(12-23)29-20(18(14)21(25)28-6-2)22-19(24)13-7-8-15(26-3)16(11-13)27-4/h7-8,11H,5-6,9-10,12H2,1-4H3,(H,22,24). The first kappa shape index (κ1) is 21.1. The van der Waals surface area contributed by atoms with Gasteiger partial charge >= 0.3 is 5.97 Å². The van der Waals surface area contributed by atoms with Crippen LogP contribution in [0.2, 0.25) is 0 Å². The number of hydrogen-bond donors (Lipinski definition) is 1. The van der Waals surface area contributed by atoms with Crippen LogP contribution >= 0.6 is 11.3 Å². The molecule has 1 aromatic carbocycles. The van der Waals surface area contributed by atoms with Gasteiger partial charge in [-0.1, -0.05) is 6.92 Å². The molecule has 0 saturated heterocycles. The van der Waals surface area contributed by atoms with E-state index in [0.29, 0.717) is 27.6 Å². The molecule has 0 unspecified atom stereocenters. The number of benzene rings is 1. The molecule has 1 N–H and O–H groups in total. The molecule has 1 aliphatic rings. The van der Waals surface area contributed by atoms with Crippen molar-refractivity contribution in [1.82, 2.24) is 4.90 Å². The van der Waals surface area contributed by atoms with Crippen LogP contribution in [0.3, 0.4) is 0 Å². The van der Waals surface area contributed by atoms with Crippen molar-refractivity contribution >= 4 is 28.2 Å². The SMILES string of the molecule is CCOC(=O)c1c(NC(=O)c2ccc(OC)c(OC)c2)sc2c1CCN(CC)C2. The third-order valence-corrected chi connectivity index (χ3v) is 6.07. The number of ether oxygens (including phenoxy) is 3. The number of likely N-dealkylation sites (N-methyl/N-ethyl adjacent to an activating group) is 1. The molecule has 0 bridgehead atoms. The Bertz CT molecular complexity index is 909.